The first-order valence-electron chi connectivity index (χ1n) is 43.8. The van der Waals surface area contributed by atoms with E-state index < -0.39 is 105 Å². The number of carbonyl (C=O) groups excluding carboxylic acids is 6. The number of piperazine rings is 4. The van der Waals surface area contributed by atoms with Crippen LogP contribution >= 0.6 is 73.9 Å². The van der Waals surface area contributed by atoms with Crippen LogP contribution < -0.4 is 48.7 Å². The van der Waals surface area contributed by atoms with Crippen LogP contribution in [0.5, 0.6) is 23.0 Å². The predicted octanol–water partition coefficient (Wildman–Crippen LogP) is 15.7. The number of aromatic hydroxyl groups is 3. The monoisotopic (exact) mass is 2160 g/mol. The average Bonchev–Trinajstić information content (AvgIpc) is 0.775. The molecule has 4 amide bonds. The number of hydrogen-bond donors (Lipinski definition) is 5. The summed E-state index contributed by atoms with van der Waals surface area (Å²) < 4.78 is 134. The molecule has 4 atom stereocenters. The van der Waals surface area contributed by atoms with Gasteiger partial charge in [0.15, 0.2) is 23.3 Å². The number of amides is 4. The fourth-order valence-electron chi connectivity index (χ4n) is 16.1. The van der Waals surface area contributed by atoms with Crippen LogP contribution in [0.1, 0.15) is 69.2 Å². The van der Waals surface area contributed by atoms with Crippen LogP contribution in [0.2, 0.25) is 20.1 Å². The molecule has 760 valence electrons. The van der Waals surface area contributed by atoms with Crippen molar-refractivity contribution >= 4 is 189 Å². The largest absolute Gasteiger partial charge is 1.00 e. The summed E-state index contributed by atoms with van der Waals surface area (Å²) >= 11 is 33.2. The molecule has 4 saturated heterocycles. The number of aromatic nitrogens is 8. The van der Waals surface area contributed by atoms with Crippen LogP contribution in [0.4, 0.5) is 68.0 Å². The third-order valence-electron chi connectivity index (χ3n) is 22.6. The van der Waals surface area contributed by atoms with Gasteiger partial charge in [0, 0.05) is 147 Å². The number of anilines is 4. The van der Waals surface area contributed by atoms with Crippen molar-refractivity contribution in [3.63, 3.8) is 0 Å². The zero-order valence-electron chi connectivity index (χ0n) is 79.9. The predicted molar refractivity (Wildman–Crippen MR) is 538 cm³/mol. The quantitative estimate of drug-likeness (QED) is 0.0136. The number of phenols is 3. The number of rotatable bonds is 13. The van der Waals surface area contributed by atoms with Crippen molar-refractivity contribution in [2.45, 2.75) is 105 Å². The van der Waals surface area contributed by atoms with Gasteiger partial charge in [-0.2, -0.15) is 0 Å². The van der Waals surface area contributed by atoms with Gasteiger partial charge in [0.05, 0.1) is 46.7 Å². The molecule has 12 aromatic rings. The van der Waals surface area contributed by atoms with Crippen molar-refractivity contribution in [2.24, 2.45) is 0 Å². The molecule has 0 spiro atoms. The average molecular weight is 2160 g/mol. The van der Waals surface area contributed by atoms with Gasteiger partial charge in [-0.25, -0.2) is 89.4 Å². The Bertz CT molecular complexity index is 6880. The zero-order valence-corrected chi connectivity index (χ0v) is 85.2. The SMILES string of the molecule is C=CC(=O)Cl.C=CC(=O)N1CCN(c2ncnc3c(F)c(-c4c(O)cccc4F)c(Cl)cc23)CC1C.C=CC(=O)Oc1cccc(F)c1-c1c(Cl)cc2c(N3CCN(C(=O)C=C)C(C)C3)ncnc2c1F.CC1CN(c2ncnc3c(F)c(-c4c(O)cccc4F)c(Cl)cc23)CCN1C(=O)OC(C)(C)C.CC1CN(c2ncnc3c(F)c(Br)c(Cl)cc23)CCN1C(=O)OC(C)(C)C.OB(O)c1c(O)cccc1F.[Li+].[OH-]. The second kappa shape index (κ2) is 49.9. The van der Waals surface area contributed by atoms with E-state index >= 15 is 13.2 Å². The first kappa shape index (κ1) is 116. The molecule has 4 aliphatic rings. The normalized spacial score (nSPS) is 15.6. The number of hydrogen-bond acceptors (Lipinski definition) is 27. The van der Waals surface area contributed by atoms with E-state index in [1.54, 1.807) is 25.7 Å². The molecular formula is C98H96BBrCl5F8LiN16O15. The van der Waals surface area contributed by atoms with Crippen molar-refractivity contribution in [3.8, 4) is 56.4 Å². The number of phenolic OH excluding ortho intramolecular Hbond substituents is 3. The molecule has 8 aromatic carbocycles. The molecule has 16 rings (SSSR count). The molecule has 4 aliphatic heterocycles. The Morgan fingerprint density at radius 3 is 0.986 bits per heavy atom. The van der Waals surface area contributed by atoms with Gasteiger partial charge >= 0.3 is 44.1 Å². The van der Waals surface area contributed by atoms with Crippen molar-refractivity contribution in [1.29, 1.82) is 0 Å². The molecule has 4 unspecified atom stereocenters. The number of fused-ring (bicyclic) bond motifs is 4. The molecular weight excluding hydrogens is 2070 g/mol. The number of ether oxygens (including phenoxy) is 3. The Balaban J connectivity index is 0.000000204. The van der Waals surface area contributed by atoms with Gasteiger partial charge < -0.3 is 84.3 Å². The van der Waals surface area contributed by atoms with E-state index in [9.17, 15) is 60.9 Å². The first-order valence-corrected chi connectivity index (χ1v) is 46.5. The van der Waals surface area contributed by atoms with E-state index in [-0.39, 0.29) is 152 Å². The summed E-state index contributed by atoms with van der Waals surface area (Å²) in [5.74, 6) is -7.08. The van der Waals surface area contributed by atoms with Gasteiger partial charge in [0.1, 0.15) is 128 Å². The van der Waals surface area contributed by atoms with Crippen LogP contribution in [-0.4, -0.2) is 247 Å². The molecule has 0 bridgehead atoms. The van der Waals surface area contributed by atoms with Gasteiger partial charge in [-0.3, -0.25) is 14.4 Å². The summed E-state index contributed by atoms with van der Waals surface area (Å²) in [5, 5.41) is 47.3. The molecule has 0 saturated carbocycles. The van der Waals surface area contributed by atoms with Crippen molar-refractivity contribution in [2.75, 3.05) is 98.1 Å². The third-order valence-corrected chi connectivity index (χ3v) is 24.9. The Morgan fingerprint density at radius 2 is 0.703 bits per heavy atom. The molecule has 8 heterocycles. The molecule has 4 fully saturated rings. The summed E-state index contributed by atoms with van der Waals surface area (Å²) in [6.07, 6.45) is 8.79. The second-order valence-corrected chi connectivity index (χ2v) is 37.4. The Morgan fingerprint density at radius 1 is 0.414 bits per heavy atom. The van der Waals surface area contributed by atoms with E-state index in [1.807, 2.05) is 88.8 Å². The van der Waals surface area contributed by atoms with Crippen molar-refractivity contribution in [3.05, 3.63) is 244 Å². The van der Waals surface area contributed by atoms with E-state index in [0.29, 0.717) is 123 Å². The number of nitrogens with zero attached hydrogens (tertiary/aromatic N) is 16. The number of halogens is 14. The molecule has 145 heavy (non-hydrogen) atoms. The van der Waals surface area contributed by atoms with Crippen molar-refractivity contribution < 1.29 is 128 Å². The molecule has 31 nitrogen and oxygen atoms in total. The molecule has 47 heteroatoms. The van der Waals surface area contributed by atoms with Gasteiger partial charge in [-0.1, -0.05) is 97.0 Å². The smallest absolute Gasteiger partial charge is 0.870 e. The zero-order chi connectivity index (χ0) is 105. The van der Waals surface area contributed by atoms with E-state index in [0.717, 1.165) is 36.4 Å². The van der Waals surface area contributed by atoms with E-state index in [1.165, 1.54) is 104 Å². The summed E-state index contributed by atoms with van der Waals surface area (Å²) in [4.78, 5) is 118. The summed E-state index contributed by atoms with van der Waals surface area (Å²) in [7, 11) is -1.98. The number of esters is 1. The van der Waals surface area contributed by atoms with E-state index in [2.05, 4.69) is 82.1 Å². The van der Waals surface area contributed by atoms with Crippen LogP contribution in [0, 0.1) is 46.5 Å². The van der Waals surface area contributed by atoms with Gasteiger partial charge in [-0.05, 0) is 188 Å². The molecule has 0 aliphatic carbocycles. The minimum absolute atomic E-state index is 0. The van der Waals surface area contributed by atoms with Gasteiger partial charge in [0.25, 0.3) is 0 Å². The van der Waals surface area contributed by atoms with Gasteiger partial charge in [0.2, 0.25) is 17.1 Å². The first-order chi connectivity index (χ1) is 67.5. The van der Waals surface area contributed by atoms with Gasteiger partial charge in [-0.15, -0.1) is 0 Å². The minimum atomic E-state index is -1.98. The Hall–Kier alpha value is -12.8. The Kier molecular flexibility index (Phi) is 39.8. The molecule has 0 radical (unpaired) electrons. The van der Waals surface area contributed by atoms with Crippen molar-refractivity contribution in [1.82, 2.24) is 59.5 Å². The fourth-order valence-corrected chi connectivity index (χ4v) is 17.4. The second-order valence-electron chi connectivity index (χ2n) is 34.6. The molecule has 6 N–H and O–H groups in total. The van der Waals surface area contributed by atoms with E-state index in [4.69, 9.17) is 87.4 Å². The summed E-state index contributed by atoms with van der Waals surface area (Å²) in [6.45, 7) is 37.6. The maximum atomic E-state index is 15.8. The topological polar surface area (TPSA) is 390 Å². The standard InChI is InChI=1S/C25H21ClF2N4O3.C24H25ClF2N4O3.C22H19ClF2N4O2.C18H21BrClFN4O2.C6H6BFO3.C3H3ClO.Li.H2O/c1-4-19(33)32-10-9-31(12-14(32)3)25-15-11-16(26)21(23(28)24(15)29-13-30-25)22-17(27)7-6-8-18(22)35-20(34)5-2;1-13-11-30(8-9-31(13)23(33)34-24(2,3)4)22-14-10-15(25)18(20(27)21(14)28-12-29-22)19-16(26)6-5-7-17(19)32;1-3-17(31)29-8-7-28(10-12(29)2)22-13-9-14(23)18(20(25)21(13)26-11-27-22)19-15(24)5-4-6-16(19)30;1-10-8-24(5-6-25(10)17(26)27-18(2,3)4)16-11-7-12(20)13(19)14(21)15(11)22-9-23-16;8-4-2-1-3-5(9)6(4)7(10)11;1-2-3(4)5;;/h4-8,11,13-14H,1-2,9-10,12H2,3H3;5-7,10,12-13,32H,8-9,11H2,1-4H3;3-6,9,11-12,30H,1,7-8,10H2,2H3;7,9-10H,5-6,8H2,1-4H3;1-3,9-11H;2H,1H2;;1H2/q;;;;;;+1;/p-1. The van der Waals surface area contributed by atoms with Crippen LogP contribution in [-0.2, 0) is 28.7 Å². The maximum Gasteiger partial charge on any atom is 1.00 e. The Labute approximate surface area is 873 Å². The minimum Gasteiger partial charge on any atom is -0.870 e. The number of carbonyl (C=O) groups is 6. The summed E-state index contributed by atoms with van der Waals surface area (Å²) in [6, 6.07) is 20.2. The number of allylic oxidation sites excluding steroid dienone is 1. The van der Waals surface area contributed by atoms with Crippen LogP contribution in [0.15, 0.2) is 177 Å². The number of benzene rings is 8. The fraction of sp³-hybridized carbons (Fsp3) is 0.286. The van der Waals surface area contributed by atoms with Crippen LogP contribution in [0.3, 0.4) is 0 Å². The summed E-state index contributed by atoms with van der Waals surface area (Å²) in [5.41, 5.74) is -3.36. The molecule has 4 aromatic heterocycles. The third kappa shape index (κ3) is 26.9. The maximum absolute atomic E-state index is 15.8. The van der Waals surface area contributed by atoms with Crippen LogP contribution in [0.25, 0.3) is 77.0 Å².